The lowest BCUT2D eigenvalue weighted by molar-refractivity contribution is -0.384. The Morgan fingerprint density at radius 3 is 2.59 bits per heavy atom. The Balaban J connectivity index is 3.11. The highest BCUT2D eigenvalue weighted by Gasteiger charge is 2.26. The van der Waals surface area contributed by atoms with E-state index in [2.05, 4.69) is 21.2 Å². The van der Waals surface area contributed by atoms with E-state index in [1.807, 2.05) is 0 Å². The van der Waals surface area contributed by atoms with Crippen molar-refractivity contribution < 1.29 is 10.0 Å². The maximum Gasteiger partial charge on any atom is 0.293 e. The zero-order chi connectivity index (χ0) is 13.2. The first-order chi connectivity index (χ1) is 7.74. The summed E-state index contributed by atoms with van der Waals surface area (Å²) in [5.41, 5.74) is -0.268. The van der Waals surface area contributed by atoms with Gasteiger partial charge in [0.2, 0.25) is 0 Å². The first-order valence-electron chi connectivity index (χ1n) is 5.14. The minimum atomic E-state index is -0.640. The molecule has 0 amide bonds. The smallest absolute Gasteiger partial charge is 0.293 e. The zero-order valence-corrected chi connectivity index (χ0v) is 11.5. The van der Waals surface area contributed by atoms with Gasteiger partial charge in [0.25, 0.3) is 5.69 Å². The minimum absolute atomic E-state index is 0.0203. The van der Waals surface area contributed by atoms with E-state index in [0.29, 0.717) is 10.2 Å². The number of nitro benzene ring substituents is 1. The van der Waals surface area contributed by atoms with Crippen LogP contribution in [0.1, 0.15) is 20.8 Å². The van der Waals surface area contributed by atoms with Crippen LogP contribution >= 0.6 is 15.9 Å². The van der Waals surface area contributed by atoms with E-state index >= 15 is 0 Å². The summed E-state index contributed by atoms with van der Waals surface area (Å²) in [6.45, 7) is 5.20. The van der Waals surface area contributed by atoms with Crippen molar-refractivity contribution in [2.24, 2.45) is 0 Å². The van der Waals surface area contributed by atoms with Gasteiger partial charge >= 0.3 is 0 Å². The van der Waals surface area contributed by atoms with Gasteiger partial charge in [-0.25, -0.2) is 0 Å². The van der Waals surface area contributed by atoms with E-state index in [0.717, 1.165) is 0 Å². The summed E-state index contributed by atoms with van der Waals surface area (Å²) in [5, 5.41) is 23.5. The van der Waals surface area contributed by atoms with Crippen LogP contribution in [0.5, 0.6) is 0 Å². The van der Waals surface area contributed by atoms with E-state index in [4.69, 9.17) is 0 Å². The maximum atomic E-state index is 10.9. The van der Waals surface area contributed by atoms with Crippen LogP contribution in [0.3, 0.4) is 0 Å². The topological polar surface area (TPSA) is 75.4 Å². The summed E-state index contributed by atoms with van der Waals surface area (Å²) in [5.74, 6) is 0. The van der Waals surface area contributed by atoms with Crippen LogP contribution in [0, 0.1) is 10.1 Å². The molecule has 0 bridgehead atoms. The van der Waals surface area contributed by atoms with Crippen LogP contribution in [0.25, 0.3) is 0 Å². The normalized spacial score (nSPS) is 13.2. The third-order valence-electron chi connectivity index (χ3n) is 2.66. The number of halogens is 1. The quantitative estimate of drug-likeness (QED) is 0.662. The molecule has 0 radical (unpaired) electrons. The molecule has 0 heterocycles. The lowest BCUT2D eigenvalue weighted by Gasteiger charge is -2.30. The zero-order valence-electron chi connectivity index (χ0n) is 9.90. The lowest BCUT2D eigenvalue weighted by Crippen LogP contribution is -2.42. The van der Waals surface area contributed by atoms with Crippen LogP contribution in [0.2, 0.25) is 0 Å². The molecule has 0 spiro atoms. The predicted octanol–water partition coefficient (Wildman–Crippen LogP) is 2.93. The molecule has 0 aliphatic heterocycles. The number of nitrogens with one attached hydrogen (secondary N) is 1. The fraction of sp³-hybridized carbons (Fsp3) is 0.455. The summed E-state index contributed by atoms with van der Waals surface area (Å²) in [7, 11) is 0. The first-order valence-corrected chi connectivity index (χ1v) is 5.93. The number of nitrogens with zero attached hydrogens (tertiary/aromatic N) is 1. The van der Waals surface area contributed by atoms with Gasteiger partial charge in [-0.05, 0) is 32.9 Å². The van der Waals surface area contributed by atoms with Crippen LogP contribution in [0.4, 0.5) is 11.4 Å². The highest BCUT2D eigenvalue weighted by molar-refractivity contribution is 9.10. The molecule has 0 saturated carbocycles. The van der Waals surface area contributed by atoms with Crippen molar-refractivity contribution in [3.05, 3.63) is 32.8 Å². The van der Waals surface area contributed by atoms with Gasteiger partial charge in [-0.15, -0.1) is 0 Å². The van der Waals surface area contributed by atoms with E-state index in [9.17, 15) is 15.2 Å². The van der Waals surface area contributed by atoms with Gasteiger partial charge in [0.1, 0.15) is 5.69 Å². The van der Waals surface area contributed by atoms with Gasteiger partial charge in [0.15, 0.2) is 0 Å². The molecule has 1 unspecified atom stereocenters. The average Bonchev–Trinajstić information content (AvgIpc) is 2.19. The molecule has 6 heteroatoms. The van der Waals surface area contributed by atoms with Crippen molar-refractivity contribution in [3.63, 3.8) is 0 Å². The molecule has 5 nitrogen and oxygen atoms in total. The summed E-state index contributed by atoms with van der Waals surface area (Å²) in [6.07, 6.45) is -0.634. The second kappa shape index (κ2) is 5.01. The monoisotopic (exact) mass is 302 g/mol. The largest absolute Gasteiger partial charge is 0.391 e. The maximum absolute atomic E-state index is 10.9. The van der Waals surface area contributed by atoms with Crippen molar-refractivity contribution in [1.82, 2.24) is 0 Å². The summed E-state index contributed by atoms with van der Waals surface area (Å²) < 4.78 is 0.643. The molecule has 1 rings (SSSR count). The van der Waals surface area contributed by atoms with Crippen LogP contribution < -0.4 is 5.32 Å². The molecule has 2 N–H and O–H groups in total. The molecule has 0 aliphatic rings. The SMILES string of the molecule is CC(O)C(C)(C)Nc1ccc(Br)cc1[N+](=O)[O-]. The van der Waals surface area contributed by atoms with Gasteiger partial charge in [-0.3, -0.25) is 10.1 Å². The Bertz CT molecular complexity index is 433. The second-order valence-electron chi connectivity index (χ2n) is 4.44. The van der Waals surface area contributed by atoms with Gasteiger partial charge in [0, 0.05) is 10.5 Å². The standard InChI is InChI=1S/C11H15BrN2O3/c1-7(15)11(2,3)13-9-5-4-8(12)6-10(9)14(16)17/h4-7,13,15H,1-3H3. The molecular formula is C11H15BrN2O3. The summed E-state index contributed by atoms with van der Waals surface area (Å²) in [4.78, 5) is 10.5. The van der Waals surface area contributed by atoms with Gasteiger partial charge < -0.3 is 10.4 Å². The average molecular weight is 303 g/mol. The molecule has 94 valence electrons. The predicted molar refractivity (Wildman–Crippen MR) is 70.2 cm³/mol. The van der Waals surface area contributed by atoms with E-state index in [1.54, 1.807) is 32.9 Å². The minimum Gasteiger partial charge on any atom is -0.391 e. The van der Waals surface area contributed by atoms with Crippen molar-refractivity contribution >= 4 is 27.3 Å². The molecule has 0 aromatic heterocycles. The van der Waals surface area contributed by atoms with Gasteiger partial charge in [-0.1, -0.05) is 15.9 Å². The number of aliphatic hydroxyl groups excluding tert-OH is 1. The Morgan fingerprint density at radius 2 is 2.12 bits per heavy atom. The third-order valence-corrected chi connectivity index (χ3v) is 3.15. The van der Waals surface area contributed by atoms with E-state index in [1.165, 1.54) is 6.07 Å². The van der Waals surface area contributed by atoms with E-state index < -0.39 is 16.6 Å². The second-order valence-corrected chi connectivity index (χ2v) is 5.36. The molecule has 1 atom stereocenters. The van der Waals surface area contributed by atoms with Gasteiger partial charge in [0.05, 0.1) is 16.6 Å². The third kappa shape index (κ3) is 3.41. The number of hydrogen-bond acceptors (Lipinski definition) is 4. The Hall–Kier alpha value is -1.14. The molecule has 1 aromatic carbocycles. The Kier molecular flexibility index (Phi) is 4.11. The van der Waals surface area contributed by atoms with Crippen LogP contribution in [-0.2, 0) is 0 Å². The number of rotatable bonds is 4. The summed E-state index contributed by atoms with van der Waals surface area (Å²) in [6, 6.07) is 4.76. The van der Waals surface area contributed by atoms with Gasteiger partial charge in [-0.2, -0.15) is 0 Å². The highest BCUT2D eigenvalue weighted by atomic mass is 79.9. The number of anilines is 1. The van der Waals surface area contributed by atoms with Crippen molar-refractivity contribution in [2.45, 2.75) is 32.4 Å². The molecule has 0 fully saturated rings. The Morgan fingerprint density at radius 1 is 1.53 bits per heavy atom. The number of benzene rings is 1. The van der Waals surface area contributed by atoms with Crippen LogP contribution in [-0.4, -0.2) is 21.7 Å². The van der Waals surface area contributed by atoms with Crippen molar-refractivity contribution in [1.29, 1.82) is 0 Å². The molecular weight excluding hydrogens is 288 g/mol. The fourth-order valence-electron chi connectivity index (χ4n) is 1.21. The number of nitro groups is 1. The first kappa shape index (κ1) is 13.9. The Labute approximate surface area is 108 Å². The van der Waals surface area contributed by atoms with Crippen molar-refractivity contribution in [2.75, 3.05) is 5.32 Å². The molecule has 0 saturated heterocycles. The van der Waals surface area contributed by atoms with E-state index in [-0.39, 0.29) is 5.69 Å². The highest BCUT2D eigenvalue weighted by Crippen LogP contribution is 2.30. The lowest BCUT2D eigenvalue weighted by atomic mass is 9.98. The molecule has 0 aliphatic carbocycles. The summed E-state index contributed by atoms with van der Waals surface area (Å²) >= 11 is 3.19. The van der Waals surface area contributed by atoms with Crippen LogP contribution in [0.15, 0.2) is 22.7 Å². The number of hydrogen-bond donors (Lipinski definition) is 2. The van der Waals surface area contributed by atoms with Crippen molar-refractivity contribution in [3.8, 4) is 0 Å². The number of aliphatic hydroxyl groups is 1. The molecule has 17 heavy (non-hydrogen) atoms. The fourth-order valence-corrected chi connectivity index (χ4v) is 1.56. The molecule has 1 aromatic rings.